The van der Waals surface area contributed by atoms with Gasteiger partial charge in [0, 0.05) is 54.9 Å². The topological polar surface area (TPSA) is 57.7 Å². The number of hydrogen-bond donors (Lipinski definition) is 1. The van der Waals surface area contributed by atoms with Crippen molar-refractivity contribution in [3.05, 3.63) is 64.7 Å². The van der Waals surface area contributed by atoms with Gasteiger partial charge >= 0.3 is 0 Å². The molecular formula is C23H24N4O2S. The van der Waals surface area contributed by atoms with E-state index in [1.54, 1.807) is 0 Å². The molecule has 2 aromatic heterocycles. The molecule has 0 radical (unpaired) electrons. The molecule has 6 nitrogen and oxygen atoms in total. The van der Waals surface area contributed by atoms with Crippen molar-refractivity contribution in [3.8, 4) is 16.2 Å². The lowest BCUT2D eigenvalue weighted by molar-refractivity contribution is 0.0955. The van der Waals surface area contributed by atoms with Crippen LogP contribution in [0.2, 0.25) is 0 Å². The van der Waals surface area contributed by atoms with E-state index < -0.39 is 0 Å². The average Bonchev–Trinajstić information content (AvgIpc) is 3.23. The summed E-state index contributed by atoms with van der Waals surface area (Å²) in [6.07, 6.45) is 1.86. The molecule has 1 fully saturated rings. The Morgan fingerprint density at radius 1 is 1.17 bits per heavy atom. The summed E-state index contributed by atoms with van der Waals surface area (Å²) >= 11 is 1.52. The Morgan fingerprint density at radius 2 is 2.00 bits per heavy atom. The zero-order valence-electron chi connectivity index (χ0n) is 16.9. The number of rotatable bonds is 4. The Hall–Kier alpha value is -2.90. The van der Waals surface area contributed by atoms with Crippen LogP contribution in [0.3, 0.4) is 0 Å². The third-order valence-electron chi connectivity index (χ3n) is 5.64. The number of ether oxygens (including phenoxy) is 1. The summed E-state index contributed by atoms with van der Waals surface area (Å²) in [6, 6.07) is 14.0. The molecule has 2 aliphatic heterocycles. The van der Waals surface area contributed by atoms with Crippen molar-refractivity contribution in [2.75, 3.05) is 38.1 Å². The lowest BCUT2D eigenvalue weighted by Gasteiger charge is -2.33. The maximum absolute atomic E-state index is 12.7. The summed E-state index contributed by atoms with van der Waals surface area (Å²) in [7, 11) is 2.15. The number of nitrogens with one attached hydrogen (secondary N) is 1. The number of benzene rings is 1. The molecular weight excluding hydrogens is 396 g/mol. The molecule has 0 unspecified atom stereocenters. The second-order valence-corrected chi connectivity index (χ2v) is 8.80. The number of hydrogen-bond acceptors (Lipinski definition) is 6. The number of amides is 1. The van der Waals surface area contributed by atoms with Crippen molar-refractivity contribution in [2.45, 2.75) is 13.2 Å². The Morgan fingerprint density at radius 3 is 2.80 bits per heavy atom. The van der Waals surface area contributed by atoms with Gasteiger partial charge in [-0.3, -0.25) is 4.79 Å². The summed E-state index contributed by atoms with van der Waals surface area (Å²) in [4.78, 5) is 23.8. The smallest absolute Gasteiger partial charge is 0.261 e. The van der Waals surface area contributed by atoms with Crippen LogP contribution in [-0.4, -0.2) is 49.0 Å². The van der Waals surface area contributed by atoms with Crippen LogP contribution in [-0.2, 0) is 13.2 Å². The second kappa shape index (κ2) is 8.08. The number of pyridine rings is 1. The number of carbonyl (C=O) groups excluding carboxylic acids is 1. The van der Waals surface area contributed by atoms with E-state index in [1.807, 2.05) is 48.7 Å². The lowest BCUT2D eigenvalue weighted by atomic mass is 10.1. The maximum atomic E-state index is 12.7. The van der Waals surface area contributed by atoms with Crippen molar-refractivity contribution >= 4 is 23.1 Å². The summed E-state index contributed by atoms with van der Waals surface area (Å²) in [5.74, 6) is 1.82. The second-order valence-electron chi connectivity index (χ2n) is 7.75. The predicted molar refractivity (Wildman–Crippen MR) is 119 cm³/mol. The van der Waals surface area contributed by atoms with Gasteiger partial charge in [-0.2, -0.15) is 0 Å². The normalized spacial score (nSPS) is 15.8. The molecule has 30 heavy (non-hydrogen) atoms. The van der Waals surface area contributed by atoms with Gasteiger partial charge in [0.05, 0.1) is 4.88 Å². The van der Waals surface area contributed by atoms with Crippen LogP contribution in [0.1, 0.15) is 20.8 Å². The number of aromatic nitrogens is 1. The molecule has 1 amide bonds. The molecule has 1 saturated heterocycles. The van der Waals surface area contributed by atoms with Crippen LogP contribution < -0.4 is 15.0 Å². The highest BCUT2D eigenvalue weighted by Gasteiger charge is 2.22. The molecule has 1 N–H and O–H groups in total. The van der Waals surface area contributed by atoms with E-state index >= 15 is 0 Å². The number of thiophene rings is 1. The minimum absolute atomic E-state index is 0.0602. The molecule has 3 aromatic rings. The molecule has 7 heteroatoms. The van der Waals surface area contributed by atoms with Gasteiger partial charge in [0.2, 0.25) is 0 Å². The first-order valence-electron chi connectivity index (χ1n) is 10.2. The number of nitrogens with zero attached hydrogens (tertiary/aromatic N) is 3. The Balaban J connectivity index is 1.22. The number of likely N-dealkylation sites (N-methyl/N-ethyl adjacent to an activating group) is 1. The van der Waals surface area contributed by atoms with Gasteiger partial charge in [-0.15, -0.1) is 11.3 Å². The van der Waals surface area contributed by atoms with E-state index in [0.717, 1.165) is 59.3 Å². The molecule has 0 atom stereocenters. The molecule has 1 aromatic carbocycles. The van der Waals surface area contributed by atoms with Crippen LogP contribution >= 0.6 is 11.3 Å². The minimum atomic E-state index is -0.0602. The first-order valence-corrected chi connectivity index (χ1v) is 11.0. The molecule has 2 aliphatic rings. The van der Waals surface area contributed by atoms with E-state index in [0.29, 0.717) is 18.0 Å². The standard InChI is InChI=1S/C23H24N4O2S/c1-26-8-10-27(11-9-26)21-7-6-16(13-24-21)14-25-23(28)20-12-17-15-29-19-5-3-2-4-18(19)22(17)30-20/h2-7,12-13H,8-11,14-15H2,1H3,(H,25,28). The van der Waals surface area contributed by atoms with Crippen LogP contribution in [0.4, 0.5) is 5.82 Å². The van der Waals surface area contributed by atoms with Crippen LogP contribution in [0.25, 0.3) is 10.4 Å². The Kier molecular flexibility index (Phi) is 5.14. The maximum Gasteiger partial charge on any atom is 0.261 e. The largest absolute Gasteiger partial charge is 0.488 e. The highest BCUT2D eigenvalue weighted by Crippen LogP contribution is 2.42. The van der Waals surface area contributed by atoms with E-state index in [2.05, 4.69) is 27.1 Å². The molecule has 0 bridgehead atoms. The summed E-state index contributed by atoms with van der Waals surface area (Å²) in [5, 5.41) is 3.02. The van der Waals surface area contributed by atoms with Crippen molar-refractivity contribution < 1.29 is 9.53 Å². The van der Waals surface area contributed by atoms with E-state index in [1.165, 1.54) is 11.3 Å². The van der Waals surface area contributed by atoms with Gasteiger partial charge in [-0.1, -0.05) is 18.2 Å². The number of anilines is 1. The zero-order chi connectivity index (χ0) is 20.5. The fraction of sp³-hybridized carbons (Fsp3) is 0.304. The Bertz CT molecular complexity index is 1060. The van der Waals surface area contributed by atoms with E-state index in [4.69, 9.17) is 4.74 Å². The molecule has 0 saturated carbocycles. The van der Waals surface area contributed by atoms with Crippen molar-refractivity contribution in [1.29, 1.82) is 0 Å². The number of para-hydroxylation sites is 1. The van der Waals surface area contributed by atoms with Crippen molar-refractivity contribution in [2.24, 2.45) is 0 Å². The van der Waals surface area contributed by atoms with Gasteiger partial charge < -0.3 is 19.9 Å². The number of carbonyl (C=O) groups is 1. The fourth-order valence-electron chi connectivity index (χ4n) is 3.82. The van der Waals surface area contributed by atoms with Crippen LogP contribution in [0.15, 0.2) is 48.7 Å². The number of fused-ring (bicyclic) bond motifs is 3. The first kappa shape index (κ1) is 19.1. The average molecular weight is 421 g/mol. The fourth-order valence-corrected chi connectivity index (χ4v) is 4.94. The quantitative estimate of drug-likeness (QED) is 0.701. The minimum Gasteiger partial charge on any atom is -0.488 e. The molecule has 0 spiro atoms. The summed E-state index contributed by atoms with van der Waals surface area (Å²) in [5.41, 5.74) is 3.13. The van der Waals surface area contributed by atoms with Crippen LogP contribution in [0, 0.1) is 0 Å². The zero-order valence-corrected chi connectivity index (χ0v) is 17.7. The van der Waals surface area contributed by atoms with E-state index in [9.17, 15) is 4.79 Å². The van der Waals surface area contributed by atoms with Gasteiger partial charge in [-0.05, 0) is 36.9 Å². The third-order valence-corrected chi connectivity index (χ3v) is 6.85. The Labute approximate surface area is 180 Å². The van der Waals surface area contributed by atoms with Gasteiger partial charge in [0.25, 0.3) is 5.91 Å². The molecule has 5 rings (SSSR count). The monoisotopic (exact) mass is 420 g/mol. The van der Waals surface area contributed by atoms with Crippen molar-refractivity contribution in [1.82, 2.24) is 15.2 Å². The van der Waals surface area contributed by atoms with Crippen molar-refractivity contribution in [3.63, 3.8) is 0 Å². The molecule has 154 valence electrons. The third kappa shape index (κ3) is 3.78. The summed E-state index contributed by atoms with van der Waals surface area (Å²) < 4.78 is 5.80. The van der Waals surface area contributed by atoms with E-state index in [-0.39, 0.29) is 5.91 Å². The van der Waals surface area contributed by atoms with Gasteiger partial charge in [0.15, 0.2) is 0 Å². The van der Waals surface area contributed by atoms with Gasteiger partial charge in [0.1, 0.15) is 18.2 Å². The first-order chi connectivity index (χ1) is 14.7. The number of piperazine rings is 1. The molecule has 4 heterocycles. The predicted octanol–water partition coefficient (Wildman–Crippen LogP) is 3.38. The van der Waals surface area contributed by atoms with Crippen LogP contribution in [0.5, 0.6) is 5.75 Å². The SMILES string of the molecule is CN1CCN(c2ccc(CNC(=O)c3cc4c(s3)-c3ccccc3OC4)cn2)CC1. The highest BCUT2D eigenvalue weighted by atomic mass is 32.1. The van der Waals surface area contributed by atoms with Gasteiger partial charge in [-0.25, -0.2) is 4.98 Å². The summed E-state index contributed by atoms with van der Waals surface area (Å²) in [6.45, 7) is 5.07. The lowest BCUT2D eigenvalue weighted by Crippen LogP contribution is -2.44. The highest BCUT2D eigenvalue weighted by molar-refractivity contribution is 7.17. The molecule has 0 aliphatic carbocycles.